The summed E-state index contributed by atoms with van der Waals surface area (Å²) < 4.78 is 6.75. The highest BCUT2D eigenvalue weighted by molar-refractivity contribution is 9.10. The van der Waals surface area contributed by atoms with E-state index in [2.05, 4.69) is 33.4 Å². The quantitative estimate of drug-likeness (QED) is 0.395. The molecule has 3 aromatic carbocycles. The van der Waals surface area contributed by atoms with Crippen LogP contribution < -0.4 is 10.1 Å². The molecule has 1 N–H and O–H groups in total. The number of rotatable bonds is 7. The molecule has 1 heterocycles. The van der Waals surface area contributed by atoms with Gasteiger partial charge in [-0.1, -0.05) is 59.1 Å². The van der Waals surface area contributed by atoms with Crippen LogP contribution in [-0.2, 0) is 6.42 Å². The lowest BCUT2D eigenvalue weighted by Crippen LogP contribution is -2.31. The number of nitrogens with zero attached hydrogens (tertiary/aromatic N) is 1. The van der Waals surface area contributed by atoms with Crippen molar-refractivity contribution in [3.05, 3.63) is 94.0 Å². The molecular weight excluding hydrogens is 492 g/mol. The molecule has 1 fully saturated rings. The van der Waals surface area contributed by atoms with Crippen LogP contribution in [0.3, 0.4) is 0 Å². The summed E-state index contributed by atoms with van der Waals surface area (Å²) in [6.45, 7) is 2.10. The molecule has 6 heteroatoms. The van der Waals surface area contributed by atoms with Crippen LogP contribution in [0.15, 0.2) is 77.3 Å². The van der Waals surface area contributed by atoms with Crippen LogP contribution in [0.25, 0.3) is 0 Å². The normalized spacial score (nSPS) is 13.7. The Labute approximate surface area is 209 Å². The number of likely N-dealkylation sites (tertiary alicyclic amines) is 1. The van der Waals surface area contributed by atoms with Crippen LogP contribution in [0.1, 0.15) is 52.0 Å². The fourth-order valence-electron chi connectivity index (χ4n) is 4.08. The second-order valence-corrected chi connectivity index (χ2v) is 9.38. The fourth-order valence-corrected chi connectivity index (χ4v) is 4.44. The van der Waals surface area contributed by atoms with Crippen molar-refractivity contribution in [1.29, 1.82) is 0 Å². The minimum Gasteiger partial charge on any atom is -0.492 e. The van der Waals surface area contributed by atoms with Crippen molar-refractivity contribution in [3.8, 4) is 5.75 Å². The van der Waals surface area contributed by atoms with Crippen LogP contribution >= 0.6 is 15.9 Å². The summed E-state index contributed by atoms with van der Waals surface area (Å²) >= 11 is 3.45. The van der Waals surface area contributed by atoms with Gasteiger partial charge >= 0.3 is 0 Å². The molecule has 176 valence electrons. The molecule has 0 saturated carbocycles. The largest absolute Gasteiger partial charge is 0.492 e. The van der Waals surface area contributed by atoms with Crippen LogP contribution in [0, 0.1) is 0 Å². The Morgan fingerprint density at radius 2 is 1.59 bits per heavy atom. The molecule has 0 aliphatic carbocycles. The average molecular weight is 521 g/mol. The van der Waals surface area contributed by atoms with Crippen LogP contribution in [0.2, 0.25) is 0 Å². The zero-order valence-corrected chi connectivity index (χ0v) is 20.7. The van der Waals surface area contributed by atoms with Crippen molar-refractivity contribution in [3.63, 3.8) is 0 Å². The summed E-state index contributed by atoms with van der Waals surface area (Å²) in [5.41, 5.74) is 2.91. The summed E-state index contributed by atoms with van der Waals surface area (Å²) in [5, 5.41) is 2.92. The molecule has 4 rings (SSSR count). The molecule has 34 heavy (non-hydrogen) atoms. The molecule has 2 amide bonds. The van der Waals surface area contributed by atoms with Gasteiger partial charge in [-0.2, -0.15) is 0 Å². The maximum Gasteiger partial charge on any atom is 0.259 e. The highest BCUT2D eigenvalue weighted by Crippen LogP contribution is 2.25. The van der Waals surface area contributed by atoms with Crippen molar-refractivity contribution in [2.24, 2.45) is 0 Å². The van der Waals surface area contributed by atoms with Gasteiger partial charge in [0.1, 0.15) is 5.75 Å². The van der Waals surface area contributed by atoms with Crippen molar-refractivity contribution >= 4 is 33.4 Å². The van der Waals surface area contributed by atoms with Crippen LogP contribution in [0.4, 0.5) is 5.69 Å². The summed E-state index contributed by atoms with van der Waals surface area (Å²) in [6.07, 6.45) is 5.24. The van der Waals surface area contributed by atoms with Crippen molar-refractivity contribution in [2.75, 3.05) is 25.0 Å². The first-order valence-corrected chi connectivity index (χ1v) is 12.6. The third-order valence-electron chi connectivity index (χ3n) is 5.96. The van der Waals surface area contributed by atoms with E-state index in [9.17, 15) is 9.59 Å². The van der Waals surface area contributed by atoms with E-state index in [4.69, 9.17) is 4.74 Å². The van der Waals surface area contributed by atoms with Crippen molar-refractivity contribution in [2.45, 2.75) is 32.1 Å². The van der Waals surface area contributed by atoms with E-state index in [1.807, 2.05) is 29.2 Å². The summed E-state index contributed by atoms with van der Waals surface area (Å²) in [5.74, 6) is 0.327. The zero-order valence-electron chi connectivity index (χ0n) is 19.1. The lowest BCUT2D eigenvalue weighted by molar-refractivity contribution is 0.0761. The van der Waals surface area contributed by atoms with E-state index in [1.54, 1.807) is 36.4 Å². The van der Waals surface area contributed by atoms with Gasteiger partial charge in [-0.05, 0) is 60.9 Å². The summed E-state index contributed by atoms with van der Waals surface area (Å²) in [4.78, 5) is 27.8. The van der Waals surface area contributed by atoms with E-state index in [0.29, 0.717) is 29.2 Å². The standard InChI is InChI=1S/C28H29BrN2O3/c29-23-12-15-26(34-19-16-21-8-4-3-5-9-21)25(20-23)27(32)30-24-13-10-22(11-14-24)28(33)31-17-6-1-2-7-18-31/h3-5,8-15,20H,1-2,6-7,16-19H2,(H,30,32). The first-order chi connectivity index (χ1) is 16.6. The number of hydrogen-bond acceptors (Lipinski definition) is 3. The third kappa shape index (κ3) is 6.48. The predicted octanol–water partition coefficient (Wildman–Crippen LogP) is 6.34. The number of benzene rings is 3. The Kier molecular flexibility index (Phi) is 8.36. The van der Waals surface area contributed by atoms with Gasteiger partial charge in [0, 0.05) is 35.2 Å². The van der Waals surface area contributed by atoms with Gasteiger partial charge in [0.05, 0.1) is 12.2 Å². The molecule has 0 unspecified atom stereocenters. The molecule has 5 nitrogen and oxygen atoms in total. The first-order valence-electron chi connectivity index (χ1n) is 11.8. The number of halogens is 1. The molecule has 0 radical (unpaired) electrons. The Morgan fingerprint density at radius 3 is 2.29 bits per heavy atom. The molecule has 0 aromatic heterocycles. The van der Waals surface area contributed by atoms with E-state index in [1.165, 1.54) is 18.4 Å². The first kappa shape index (κ1) is 24.0. The topological polar surface area (TPSA) is 58.6 Å². The molecule has 1 aliphatic rings. The van der Waals surface area contributed by atoms with Crippen LogP contribution in [-0.4, -0.2) is 36.4 Å². The van der Waals surface area contributed by atoms with Gasteiger partial charge in [-0.15, -0.1) is 0 Å². The molecule has 3 aromatic rings. The molecule has 0 spiro atoms. The predicted molar refractivity (Wildman–Crippen MR) is 139 cm³/mol. The van der Waals surface area contributed by atoms with E-state index in [-0.39, 0.29) is 11.8 Å². The fraction of sp³-hybridized carbons (Fsp3) is 0.286. The maximum atomic E-state index is 13.0. The zero-order chi connectivity index (χ0) is 23.8. The minimum absolute atomic E-state index is 0.0564. The Balaban J connectivity index is 1.39. The SMILES string of the molecule is O=C(Nc1ccc(C(=O)N2CCCCCC2)cc1)c1cc(Br)ccc1OCCc1ccccc1. The van der Waals surface area contributed by atoms with Gasteiger partial charge in [-0.3, -0.25) is 9.59 Å². The summed E-state index contributed by atoms with van der Waals surface area (Å²) in [6, 6.07) is 22.6. The molecular formula is C28H29BrN2O3. The monoisotopic (exact) mass is 520 g/mol. The molecule has 1 aliphatic heterocycles. The Morgan fingerprint density at radius 1 is 0.882 bits per heavy atom. The van der Waals surface area contributed by atoms with Crippen molar-refractivity contribution in [1.82, 2.24) is 4.90 Å². The lowest BCUT2D eigenvalue weighted by Gasteiger charge is -2.20. The van der Waals surface area contributed by atoms with E-state index < -0.39 is 0 Å². The smallest absolute Gasteiger partial charge is 0.259 e. The van der Waals surface area contributed by atoms with Gasteiger partial charge in [-0.25, -0.2) is 0 Å². The van der Waals surface area contributed by atoms with Gasteiger partial charge < -0.3 is 15.0 Å². The highest BCUT2D eigenvalue weighted by Gasteiger charge is 2.18. The minimum atomic E-state index is -0.261. The third-order valence-corrected chi connectivity index (χ3v) is 6.45. The number of anilines is 1. The van der Waals surface area contributed by atoms with Gasteiger partial charge in [0.25, 0.3) is 11.8 Å². The second-order valence-electron chi connectivity index (χ2n) is 8.46. The van der Waals surface area contributed by atoms with E-state index in [0.717, 1.165) is 36.8 Å². The lowest BCUT2D eigenvalue weighted by atomic mass is 10.1. The maximum absolute atomic E-state index is 13.0. The summed E-state index contributed by atoms with van der Waals surface area (Å²) in [7, 11) is 0. The Bertz CT molecular complexity index is 1110. The van der Waals surface area contributed by atoms with E-state index >= 15 is 0 Å². The molecule has 1 saturated heterocycles. The number of carbonyl (C=O) groups excluding carboxylic acids is 2. The Hall–Kier alpha value is -3.12. The van der Waals surface area contributed by atoms with Gasteiger partial charge in [0.2, 0.25) is 0 Å². The number of nitrogens with one attached hydrogen (secondary N) is 1. The number of ether oxygens (including phenoxy) is 1. The number of hydrogen-bond donors (Lipinski definition) is 1. The van der Waals surface area contributed by atoms with Gasteiger partial charge in [0.15, 0.2) is 0 Å². The highest BCUT2D eigenvalue weighted by atomic mass is 79.9. The molecule has 0 atom stereocenters. The average Bonchev–Trinajstić information content (AvgIpc) is 3.15. The second kappa shape index (κ2) is 11.8. The number of amides is 2. The molecule has 0 bridgehead atoms. The van der Waals surface area contributed by atoms with Crippen LogP contribution in [0.5, 0.6) is 5.75 Å². The number of carbonyl (C=O) groups is 2. The van der Waals surface area contributed by atoms with Crippen molar-refractivity contribution < 1.29 is 14.3 Å².